The Morgan fingerprint density at radius 3 is 2.61 bits per heavy atom. The summed E-state index contributed by atoms with van der Waals surface area (Å²) >= 11 is 1.66. The Bertz CT molecular complexity index is 533. The van der Waals surface area contributed by atoms with E-state index >= 15 is 0 Å². The van der Waals surface area contributed by atoms with Crippen LogP contribution in [-0.4, -0.2) is 42.2 Å². The smallest absolute Gasteiger partial charge is 0.164 e. The van der Waals surface area contributed by atoms with E-state index in [0.29, 0.717) is 6.61 Å². The molecule has 0 bridgehead atoms. The molecule has 2 fully saturated rings. The lowest BCUT2D eigenvalue weighted by atomic mass is 10.0. The van der Waals surface area contributed by atoms with Gasteiger partial charge in [-0.15, -0.1) is 6.58 Å². The highest BCUT2D eigenvalue weighted by molar-refractivity contribution is 7.99. The highest BCUT2D eigenvalue weighted by atomic mass is 32.2. The van der Waals surface area contributed by atoms with Gasteiger partial charge in [0.15, 0.2) is 5.79 Å². The molecule has 23 heavy (non-hydrogen) atoms. The van der Waals surface area contributed by atoms with Crippen LogP contribution in [0.3, 0.4) is 0 Å². The average molecular weight is 336 g/mol. The van der Waals surface area contributed by atoms with Crippen molar-refractivity contribution in [3.63, 3.8) is 0 Å². The summed E-state index contributed by atoms with van der Waals surface area (Å²) in [6, 6.07) is 10.2. The van der Waals surface area contributed by atoms with Gasteiger partial charge in [-0.3, -0.25) is 0 Å². The van der Waals surface area contributed by atoms with E-state index in [9.17, 15) is 0 Å². The molecule has 3 rings (SSSR count). The molecule has 0 aliphatic carbocycles. The maximum Gasteiger partial charge on any atom is 0.164 e. The zero-order chi connectivity index (χ0) is 16.4. The van der Waals surface area contributed by atoms with Crippen molar-refractivity contribution < 1.29 is 18.9 Å². The Labute approximate surface area is 142 Å². The molecule has 126 valence electrons. The van der Waals surface area contributed by atoms with Gasteiger partial charge in [0.1, 0.15) is 23.7 Å². The van der Waals surface area contributed by atoms with Crippen molar-refractivity contribution in [3.8, 4) is 0 Å². The summed E-state index contributed by atoms with van der Waals surface area (Å²) in [5.41, 5.74) is -0.147. The molecule has 2 heterocycles. The van der Waals surface area contributed by atoms with Crippen LogP contribution >= 0.6 is 11.8 Å². The minimum absolute atomic E-state index is 0.0495. The van der Waals surface area contributed by atoms with Crippen LogP contribution in [0.15, 0.2) is 47.9 Å². The predicted molar refractivity (Wildman–Crippen MR) is 90.4 cm³/mol. The highest BCUT2D eigenvalue weighted by Gasteiger charge is 2.54. The van der Waals surface area contributed by atoms with Crippen molar-refractivity contribution in [1.29, 1.82) is 0 Å². The van der Waals surface area contributed by atoms with Crippen LogP contribution in [0.2, 0.25) is 0 Å². The van der Waals surface area contributed by atoms with Crippen LogP contribution in [0.25, 0.3) is 0 Å². The van der Waals surface area contributed by atoms with Crippen LogP contribution < -0.4 is 0 Å². The van der Waals surface area contributed by atoms with Gasteiger partial charge in [0.2, 0.25) is 0 Å². The quantitative estimate of drug-likeness (QED) is 0.768. The summed E-state index contributed by atoms with van der Waals surface area (Å²) in [5.74, 6) is -0.616. The van der Waals surface area contributed by atoms with E-state index < -0.39 is 5.79 Å². The van der Waals surface area contributed by atoms with E-state index in [1.807, 2.05) is 39.0 Å². The molecule has 0 unspecified atom stereocenters. The summed E-state index contributed by atoms with van der Waals surface area (Å²) in [7, 11) is 0. The molecule has 0 amide bonds. The highest BCUT2D eigenvalue weighted by Crippen LogP contribution is 2.42. The molecule has 5 atom stereocenters. The second kappa shape index (κ2) is 6.95. The molecule has 0 spiro atoms. The Balaban J connectivity index is 1.81. The summed E-state index contributed by atoms with van der Waals surface area (Å²) < 4.78 is 24.3. The predicted octanol–water partition coefficient (Wildman–Crippen LogP) is 3.61. The third-order valence-corrected chi connectivity index (χ3v) is 5.13. The van der Waals surface area contributed by atoms with Crippen molar-refractivity contribution in [1.82, 2.24) is 0 Å². The molecule has 2 aliphatic heterocycles. The van der Waals surface area contributed by atoms with Crippen molar-refractivity contribution in [2.45, 2.75) is 61.3 Å². The molecule has 0 radical (unpaired) electrons. The van der Waals surface area contributed by atoms with Gasteiger partial charge < -0.3 is 18.9 Å². The summed E-state index contributed by atoms with van der Waals surface area (Å²) in [6.07, 6.45) is 1.23. The Kier molecular flexibility index (Phi) is 5.13. The van der Waals surface area contributed by atoms with Gasteiger partial charge in [-0.25, -0.2) is 0 Å². The zero-order valence-corrected chi connectivity index (χ0v) is 14.6. The van der Waals surface area contributed by atoms with E-state index in [-0.39, 0.29) is 29.9 Å². The Morgan fingerprint density at radius 1 is 1.22 bits per heavy atom. The fourth-order valence-corrected chi connectivity index (χ4v) is 4.22. The van der Waals surface area contributed by atoms with Crippen LogP contribution in [-0.2, 0) is 18.9 Å². The van der Waals surface area contributed by atoms with E-state index in [0.717, 1.165) is 4.90 Å². The van der Waals surface area contributed by atoms with Gasteiger partial charge in [0.25, 0.3) is 0 Å². The largest absolute Gasteiger partial charge is 0.368 e. The SMILES string of the molecule is C=CCO[C@H]1[C@@H]2OC(C)(C)O[C@@H]2[C@H](C)O[C@@H]1Sc1ccccc1. The first kappa shape index (κ1) is 17.0. The molecule has 2 saturated heterocycles. The number of ether oxygens (including phenoxy) is 4. The fraction of sp³-hybridized carbons (Fsp3) is 0.556. The monoisotopic (exact) mass is 336 g/mol. The van der Waals surface area contributed by atoms with E-state index in [4.69, 9.17) is 18.9 Å². The number of rotatable bonds is 5. The first-order valence-electron chi connectivity index (χ1n) is 7.95. The summed E-state index contributed by atoms with van der Waals surface area (Å²) in [4.78, 5) is 1.15. The van der Waals surface area contributed by atoms with Gasteiger partial charge in [0, 0.05) is 4.90 Å². The van der Waals surface area contributed by atoms with Gasteiger partial charge in [-0.05, 0) is 32.9 Å². The second-order valence-electron chi connectivity index (χ2n) is 6.29. The van der Waals surface area contributed by atoms with E-state index in [2.05, 4.69) is 18.7 Å². The fourth-order valence-electron chi connectivity index (χ4n) is 3.04. The van der Waals surface area contributed by atoms with Gasteiger partial charge in [0.05, 0.1) is 12.7 Å². The number of fused-ring (bicyclic) bond motifs is 1. The molecule has 0 N–H and O–H groups in total. The van der Waals surface area contributed by atoms with Gasteiger partial charge >= 0.3 is 0 Å². The van der Waals surface area contributed by atoms with Crippen molar-refractivity contribution in [2.75, 3.05) is 6.61 Å². The molecule has 4 nitrogen and oxygen atoms in total. The average Bonchev–Trinajstić information content (AvgIpc) is 2.84. The minimum atomic E-state index is -0.616. The minimum Gasteiger partial charge on any atom is -0.368 e. The Morgan fingerprint density at radius 2 is 1.91 bits per heavy atom. The normalized spacial score (nSPS) is 35.7. The lowest BCUT2D eigenvalue weighted by molar-refractivity contribution is -0.167. The standard InChI is InChI=1S/C18H24O4S/c1-5-11-19-16-15-14(21-18(3,4)22-15)12(2)20-17(16)23-13-9-7-6-8-10-13/h5-10,12,14-17H,1,11H2,2-4H3/t12-,14+,15+,16-,17+/m0/s1. The number of hydrogen-bond acceptors (Lipinski definition) is 5. The maximum absolute atomic E-state index is 6.21. The van der Waals surface area contributed by atoms with E-state index in [1.165, 1.54) is 0 Å². The molecule has 0 aromatic heterocycles. The van der Waals surface area contributed by atoms with Crippen molar-refractivity contribution >= 4 is 11.8 Å². The third kappa shape index (κ3) is 3.80. The van der Waals surface area contributed by atoms with Crippen molar-refractivity contribution in [2.24, 2.45) is 0 Å². The molecule has 5 heteroatoms. The maximum atomic E-state index is 6.21. The third-order valence-electron chi connectivity index (χ3n) is 3.97. The Hall–Kier alpha value is -0.850. The van der Waals surface area contributed by atoms with Crippen LogP contribution in [0.5, 0.6) is 0 Å². The topological polar surface area (TPSA) is 36.9 Å². The number of benzene rings is 1. The van der Waals surface area contributed by atoms with Crippen LogP contribution in [0.4, 0.5) is 0 Å². The molecule has 2 aliphatic rings. The summed E-state index contributed by atoms with van der Waals surface area (Å²) in [6.45, 7) is 10.1. The van der Waals surface area contributed by atoms with E-state index in [1.54, 1.807) is 17.8 Å². The first-order valence-corrected chi connectivity index (χ1v) is 8.83. The molecular formula is C18H24O4S. The van der Waals surface area contributed by atoms with Crippen LogP contribution in [0, 0.1) is 0 Å². The molecule has 0 saturated carbocycles. The number of thioether (sulfide) groups is 1. The first-order chi connectivity index (χ1) is 11.0. The molecular weight excluding hydrogens is 312 g/mol. The lowest BCUT2D eigenvalue weighted by Gasteiger charge is -2.40. The van der Waals surface area contributed by atoms with Crippen LogP contribution in [0.1, 0.15) is 20.8 Å². The zero-order valence-electron chi connectivity index (χ0n) is 13.8. The molecule has 1 aromatic rings. The van der Waals surface area contributed by atoms with Gasteiger partial charge in [-0.2, -0.15) is 0 Å². The summed E-state index contributed by atoms with van der Waals surface area (Å²) in [5, 5.41) is 0. The van der Waals surface area contributed by atoms with Crippen molar-refractivity contribution in [3.05, 3.63) is 43.0 Å². The number of hydrogen-bond donors (Lipinski definition) is 0. The molecule has 1 aromatic carbocycles. The second-order valence-corrected chi connectivity index (χ2v) is 7.46. The lowest BCUT2D eigenvalue weighted by Crippen LogP contribution is -2.55. The van der Waals surface area contributed by atoms with Gasteiger partial charge in [-0.1, -0.05) is 36.0 Å².